The van der Waals surface area contributed by atoms with Crippen molar-refractivity contribution < 1.29 is 49.1 Å². The van der Waals surface area contributed by atoms with Crippen LogP contribution in [0.4, 0.5) is 0 Å². The third kappa shape index (κ3) is 14.4. The van der Waals surface area contributed by atoms with E-state index in [9.17, 15) is 9.59 Å². The molecule has 0 amide bonds. The summed E-state index contributed by atoms with van der Waals surface area (Å²) >= 11 is 0. The van der Waals surface area contributed by atoms with E-state index in [2.05, 4.69) is 0 Å². The van der Waals surface area contributed by atoms with Gasteiger partial charge in [0, 0.05) is 0 Å². The second-order valence-corrected chi connectivity index (χ2v) is 7.33. The van der Waals surface area contributed by atoms with Crippen molar-refractivity contribution in [2.75, 3.05) is 0 Å². The van der Waals surface area contributed by atoms with Crippen molar-refractivity contribution in [3.05, 3.63) is 71.8 Å². The summed E-state index contributed by atoms with van der Waals surface area (Å²) in [7, 11) is 0. The molecule has 0 aliphatic heterocycles. The Balaban J connectivity index is 0.000000558. The van der Waals surface area contributed by atoms with Crippen molar-refractivity contribution >= 4 is 23.9 Å². The minimum Gasteiger partial charge on any atom is -0.473 e. The van der Waals surface area contributed by atoms with Gasteiger partial charge < -0.3 is 41.4 Å². The number of esters is 2. The molecule has 0 fully saturated rings. The average molecular weight is 509 g/mol. The fourth-order valence-electron chi connectivity index (χ4n) is 2.04. The van der Waals surface area contributed by atoms with Crippen LogP contribution in [0.15, 0.2) is 60.7 Å². The normalized spacial score (nSPS) is 13.2. The van der Waals surface area contributed by atoms with E-state index in [0.717, 1.165) is 11.1 Å². The van der Waals surface area contributed by atoms with Gasteiger partial charge >= 0.3 is 23.9 Å². The number of aliphatic carboxylic acids is 2. The number of rotatable bonds is 8. The highest BCUT2D eigenvalue weighted by atomic mass is 16.5. The van der Waals surface area contributed by atoms with Crippen LogP contribution >= 0.6 is 0 Å². The molecule has 4 unspecified atom stereocenters. The van der Waals surface area contributed by atoms with E-state index < -0.39 is 48.2 Å². The van der Waals surface area contributed by atoms with Crippen LogP contribution in [0.25, 0.3) is 0 Å². The highest BCUT2D eigenvalue weighted by molar-refractivity contribution is 6.27. The van der Waals surface area contributed by atoms with E-state index >= 15 is 0 Å². The number of carboxylic acid groups (broad SMARTS) is 2. The van der Waals surface area contributed by atoms with Crippen LogP contribution in [0, 0.1) is 0 Å². The minimum atomic E-state index is -1.82. The average Bonchev–Trinajstić information content (AvgIpc) is 2.86. The molecule has 0 saturated heterocycles. The zero-order valence-electron chi connectivity index (χ0n) is 19.9. The Kier molecular flexibility index (Phi) is 15.7. The fourth-order valence-corrected chi connectivity index (χ4v) is 2.04. The van der Waals surface area contributed by atoms with Crippen molar-refractivity contribution in [3.8, 4) is 0 Å². The third-order valence-corrected chi connectivity index (χ3v) is 4.21. The molecule has 12 heteroatoms. The number of hydrogen-bond donors (Lipinski definition) is 6. The van der Waals surface area contributed by atoms with E-state index in [0.29, 0.717) is 0 Å². The van der Waals surface area contributed by atoms with Crippen LogP contribution in [0.1, 0.15) is 25.0 Å². The van der Waals surface area contributed by atoms with Crippen molar-refractivity contribution in [2.24, 2.45) is 11.5 Å². The predicted molar refractivity (Wildman–Crippen MR) is 127 cm³/mol. The van der Waals surface area contributed by atoms with Gasteiger partial charge in [0.1, 0.15) is 25.3 Å². The van der Waals surface area contributed by atoms with Gasteiger partial charge in [0.2, 0.25) is 0 Å². The van der Waals surface area contributed by atoms with Crippen molar-refractivity contribution in [2.45, 2.75) is 51.4 Å². The van der Waals surface area contributed by atoms with Gasteiger partial charge in [0.05, 0.1) is 12.2 Å². The van der Waals surface area contributed by atoms with Crippen LogP contribution < -0.4 is 11.5 Å². The molecule has 0 aromatic heterocycles. The summed E-state index contributed by atoms with van der Waals surface area (Å²) < 4.78 is 9.85. The highest BCUT2D eigenvalue weighted by Crippen LogP contribution is 2.03. The SMILES string of the molecule is CC(O)C(N)C(=O)OCc1ccccc1.CC(O)C(N)C(=O)OCc1ccccc1.O=C(O)C(=O)O. The molecule has 0 radical (unpaired) electrons. The van der Waals surface area contributed by atoms with Gasteiger partial charge in [-0.25, -0.2) is 9.59 Å². The molecule has 0 spiro atoms. The third-order valence-electron chi connectivity index (χ3n) is 4.21. The Labute approximate surface area is 208 Å². The van der Waals surface area contributed by atoms with E-state index in [1.165, 1.54) is 13.8 Å². The first-order valence-electron chi connectivity index (χ1n) is 10.6. The van der Waals surface area contributed by atoms with Gasteiger partial charge in [-0.3, -0.25) is 9.59 Å². The molecule has 2 rings (SSSR count). The van der Waals surface area contributed by atoms with Gasteiger partial charge in [-0.15, -0.1) is 0 Å². The zero-order chi connectivity index (χ0) is 27.7. The molecule has 2 aromatic carbocycles. The summed E-state index contributed by atoms with van der Waals surface area (Å²) in [5, 5.41) is 32.9. The number of carbonyl (C=O) groups excluding carboxylic acids is 2. The van der Waals surface area contributed by atoms with Crippen LogP contribution in [-0.2, 0) is 41.9 Å². The Hall–Kier alpha value is -3.84. The molecule has 0 heterocycles. The first-order chi connectivity index (χ1) is 16.9. The van der Waals surface area contributed by atoms with Crippen LogP contribution in [0.5, 0.6) is 0 Å². The van der Waals surface area contributed by atoms with E-state index in [-0.39, 0.29) is 13.2 Å². The van der Waals surface area contributed by atoms with Crippen LogP contribution in [0.3, 0.4) is 0 Å². The number of carbonyl (C=O) groups is 4. The van der Waals surface area contributed by atoms with Crippen LogP contribution in [0.2, 0.25) is 0 Å². The molecular formula is C24H32N2O10. The molecule has 4 atom stereocenters. The first kappa shape index (κ1) is 32.2. The summed E-state index contributed by atoms with van der Waals surface area (Å²) in [6, 6.07) is 16.6. The molecule has 2 aromatic rings. The largest absolute Gasteiger partial charge is 0.473 e. The van der Waals surface area contributed by atoms with E-state index in [1.807, 2.05) is 60.7 Å². The summed E-state index contributed by atoms with van der Waals surface area (Å²) in [6.45, 7) is 3.27. The maximum Gasteiger partial charge on any atom is 0.414 e. The Morgan fingerprint density at radius 1 is 0.667 bits per heavy atom. The standard InChI is InChI=1S/2C11H15NO3.C2H2O4/c2*1-8(13)10(12)11(14)15-7-9-5-3-2-4-6-9;3-1(4)2(5)6/h2*2-6,8,10,13H,7,12H2,1H3;(H,3,4)(H,5,6). The second kappa shape index (κ2) is 17.6. The lowest BCUT2D eigenvalue weighted by atomic mass is 10.2. The molecule has 8 N–H and O–H groups in total. The van der Waals surface area contributed by atoms with Crippen molar-refractivity contribution in [3.63, 3.8) is 0 Å². The minimum absolute atomic E-state index is 0.181. The van der Waals surface area contributed by atoms with Crippen LogP contribution in [-0.4, -0.2) is 68.6 Å². The van der Waals surface area contributed by atoms with Gasteiger partial charge in [-0.1, -0.05) is 60.7 Å². The molecular weight excluding hydrogens is 476 g/mol. The fraction of sp³-hybridized carbons (Fsp3) is 0.333. The lowest BCUT2D eigenvalue weighted by Gasteiger charge is -2.13. The highest BCUT2D eigenvalue weighted by Gasteiger charge is 2.20. The van der Waals surface area contributed by atoms with E-state index in [1.54, 1.807) is 0 Å². The van der Waals surface area contributed by atoms with Crippen molar-refractivity contribution in [1.82, 2.24) is 0 Å². The zero-order valence-corrected chi connectivity index (χ0v) is 19.9. The number of aliphatic hydroxyl groups excluding tert-OH is 2. The summed E-state index contributed by atoms with van der Waals surface area (Å²) in [6.07, 6.45) is -1.79. The molecule has 198 valence electrons. The lowest BCUT2D eigenvalue weighted by Crippen LogP contribution is -2.41. The monoisotopic (exact) mass is 508 g/mol. The van der Waals surface area contributed by atoms with Gasteiger partial charge in [-0.2, -0.15) is 0 Å². The van der Waals surface area contributed by atoms with Crippen molar-refractivity contribution in [1.29, 1.82) is 0 Å². The molecule has 0 aliphatic rings. The number of carboxylic acids is 2. The van der Waals surface area contributed by atoms with Gasteiger partial charge in [0.15, 0.2) is 0 Å². The number of nitrogens with two attached hydrogens (primary N) is 2. The molecule has 0 aliphatic carbocycles. The molecule has 0 saturated carbocycles. The topological polar surface area (TPSA) is 220 Å². The molecule has 36 heavy (non-hydrogen) atoms. The number of aliphatic hydroxyl groups is 2. The quantitative estimate of drug-likeness (QED) is 0.205. The Morgan fingerprint density at radius 3 is 1.17 bits per heavy atom. The molecule has 12 nitrogen and oxygen atoms in total. The summed E-state index contributed by atoms with van der Waals surface area (Å²) in [5.41, 5.74) is 12.6. The molecule has 0 bridgehead atoms. The number of hydrogen-bond acceptors (Lipinski definition) is 10. The summed E-state index contributed by atoms with van der Waals surface area (Å²) in [5.74, 6) is -4.83. The second-order valence-electron chi connectivity index (χ2n) is 7.33. The maximum atomic E-state index is 11.3. The Morgan fingerprint density at radius 2 is 0.944 bits per heavy atom. The first-order valence-corrected chi connectivity index (χ1v) is 10.6. The number of benzene rings is 2. The van der Waals surface area contributed by atoms with Gasteiger partial charge in [0.25, 0.3) is 0 Å². The lowest BCUT2D eigenvalue weighted by molar-refractivity contribution is -0.159. The van der Waals surface area contributed by atoms with E-state index in [4.69, 9.17) is 51.0 Å². The number of ether oxygens (including phenoxy) is 2. The Bertz CT molecular complexity index is 859. The van der Waals surface area contributed by atoms with Gasteiger partial charge in [-0.05, 0) is 25.0 Å². The maximum absolute atomic E-state index is 11.3. The summed E-state index contributed by atoms with van der Waals surface area (Å²) in [4.78, 5) is 40.7. The smallest absolute Gasteiger partial charge is 0.414 e. The predicted octanol–water partition coefficient (Wildman–Crippen LogP) is 0.0314.